The molecule has 1 heterocycles. The topological polar surface area (TPSA) is 87.5 Å². The largest absolute Gasteiger partial charge is 0.468 e. The van der Waals surface area contributed by atoms with Crippen molar-refractivity contribution in [1.29, 1.82) is 5.41 Å². The summed E-state index contributed by atoms with van der Waals surface area (Å²) in [4.78, 5) is 38.8. The number of benzene rings is 2. The van der Waals surface area contributed by atoms with Crippen molar-refractivity contribution in [3.63, 3.8) is 0 Å². The van der Waals surface area contributed by atoms with Gasteiger partial charge in [-0.1, -0.05) is 18.2 Å². The van der Waals surface area contributed by atoms with Crippen molar-refractivity contribution in [2.45, 2.75) is 11.4 Å². The molecule has 0 fully saturated rings. The summed E-state index contributed by atoms with van der Waals surface area (Å²) < 4.78 is 4.61. The molecule has 1 aliphatic heterocycles. The first-order valence-corrected chi connectivity index (χ1v) is 11.0. The maximum Gasteiger partial charge on any atom is 0.315 e. The first-order valence-electron chi connectivity index (χ1n) is 8.81. The Kier molecular flexibility index (Phi) is 6.76. The number of carbonyl (C=O) groups excluding carboxylic acids is 3. The lowest BCUT2D eigenvalue weighted by Crippen LogP contribution is -2.30. The maximum absolute atomic E-state index is 12.6. The van der Waals surface area contributed by atoms with Gasteiger partial charge in [0.1, 0.15) is 0 Å². The number of thioether (sulfide) groups is 2. The molecule has 0 saturated carbocycles. The molecular weight excluding hydrogens is 408 g/mol. The Bertz CT molecular complexity index is 973. The van der Waals surface area contributed by atoms with Gasteiger partial charge in [0.05, 0.1) is 24.5 Å². The highest BCUT2D eigenvalue weighted by Gasteiger charge is 2.29. The van der Waals surface area contributed by atoms with Gasteiger partial charge >= 0.3 is 5.97 Å². The minimum absolute atomic E-state index is 0.00251. The number of ketones is 1. The summed E-state index contributed by atoms with van der Waals surface area (Å²) in [7, 11) is 1.34. The molecule has 3 rings (SSSR count). The van der Waals surface area contributed by atoms with E-state index in [1.807, 2.05) is 12.3 Å². The van der Waals surface area contributed by atoms with E-state index < -0.39 is 0 Å². The second kappa shape index (κ2) is 9.28. The Morgan fingerprint density at radius 1 is 1.14 bits per heavy atom. The van der Waals surface area contributed by atoms with Crippen LogP contribution in [0.1, 0.15) is 31.8 Å². The van der Waals surface area contributed by atoms with Gasteiger partial charge in [-0.2, -0.15) is 0 Å². The zero-order chi connectivity index (χ0) is 21.0. The molecule has 6 nitrogen and oxygen atoms in total. The highest BCUT2D eigenvalue weighted by molar-refractivity contribution is 8.13. The Balaban J connectivity index is 1.64. The van der Waals surface area contributed by atoms with Crippen LogP contribution < -0.4 is 0 Å². The summed E-state index contributed by atoms with van der Waals surface area (Å²) in [6, 6.07) is 12.3. The Labute approximate surface area is 177 Å². The molecule has 1 amide bonds. The van der Waals surface area contributed by atoms with Crippen molar-refractivity contribution in [3.05, 3.63) is 64.7 Å². The molecule has 0 saturated heterocycles. The maximum atomic E-state index is 12.6. The highest BCUT2D eigenvalue weighted by atomic mass is 32.2. The zero-order valence-electron chi connectivity index (χ0n) is 16.1. The van der Waals surface area contributed by atoms with Gasteiger partial charge in [0.15, 0.2) is 5.78 Å². The molecule has 8 heteroatoms. The van der Waals surface area contributed by atoms with Gasteiger partial charge in [0, 0.05) is 28.1 Å². The molecule has 1 N–H and O–H groups in total. The highest BCUT2D eigenvalue weighted by Crippen LogP contribution is 2.26. The Morgan fingerprint density at radius 2 is 1.83 bits per heavy atom. The minimum Gasteiger partial charge on any atom is -0.468 e. The third-order valence-electron chi connectivity index (χ3n) is 4.55. The summed E-state index contributed by atoms with van der Waals surface area (Å²) in [6.07, 6.45) is 1.84. The molecular formula is C21H20N2O4S2. The van der Waals surface area contributed by atoms with E-state index in [4.69, 9.17) is 5.41 Å². The summed E-state index contributed by atoms with van der Waals surface area (Å²) in [5, 5.41) is 8.38. The minimum atomic E-state index is -0.307. The third-order valence-corrected chi connectivity index (χ3v) is 6.17. The molecule has 0 atom stereocenters. The van der Waals surface area contributed by atoms with Gasteiger partial charge in [0.2, 0.25) is 0 Å². The number of nitrogens with zero attached hydrogens (tertiary/aromatic N) is 1. The molecule has 2 aromatic carbocycles. The van der Waals surface area contributed by atoms with Crippen LogP contribution in [0.3, 0.4) is 0 Å². The zero-order valence-corrected chi connectivity index (χ0v) is 17.7. The molecule has 0 bridgehead atoms. The summed E-state index contributed by atoms with van der Waals surface area (Å²) >= 11 is 2.68. The lowest BCUT2D eigenvalue weighted by Gasteiger charge is -2.14. The van der Waals surface area contributed by atoms with E-state index in [9.17, 15) is 14.4 Å². The summed E-state index contributed by atoms with van der Waals surface area (Å²) in [5.41, 5.74) is 2.72. The van der Waals surface area contributed by atoms with E-state index in [0.29, 0.717) is 22.7 Å². The van der Waals surface area contributed by atoms with Crippen LogP contribution >= 0.6 is 23.5 Å². The first kappa shape index (κ1) is 21.1. The number of carbonyl (C=O) groups is 3. The molecule has 0 aromatic heterocycles. The second-order valence-corrected chi connectivity index (χ2v) is 8.24. The third kappa shape index (κ3) is 4.89. The SMILES string of the molecule is COC(=O)CSc1ccc(C(=O)CN2Cc3cc(C(=N)SC)ccc3C2=O)cc1. The first-order chi connectivity index (χ1) is 13.9. The predicted molar refractivity (Wildman–Crippen MR) is 115 cm³/mol. The van der Waals surface area contributed by atoms with Gasteiger partial charge in [-0.15, -0.1) is 23.5 Å². The van der Waals surface area contributed by atoms with Crippen LogP contribution in [-0.2, 0) is 16.1 Å². The molecule has 0 radical (unpaired) electrons. The van der Waals surface area contributed by atoms with Crippen LogP contribution in [0, 0.1) is 5.41 Å². The molecule has 29 heavy (non-hydrogen) atoms. The smallest absolute Gasteiger partial charge is 0.315 e. The number of rotatable bonds is 7. The van der Waals surface area contributed by atoms with E-state index in [-0.39, 0.29) is 30.0 Å². The van der Waals surface area contributed by atoms with E-state index in [1.54, 1.807) is 36.4 Å². The Morgan fingerprint density at radius 3 is 2.48 bits per heavy atom. The molecule has 0 aliphatic carbocycles. The standard InChI is InChI=1S/C21H20N2O4S2/c1-27-19(25)12-29-16-6-3-13(4-7-16)18(24)11-23-10-15-9-14(20(22)28-2)5-8-17(15)21(23)26/h3-9,22H,10-12H2,1-2H3. The van der Waals surface area contributed by atoms with Crippen molar-refractivity contribution in [1.82, 2.24) is 4.90 Å². The fraction of sp³-hybridized carbons (Fsp3) is 0.238. The van der Waals surface area contributed by atoms with Crippen molar-refractivity contribution in [2.24, 2.45) is 0 Å². The van der Waals surface area contributed by atoms with Gasteiger partial charge in [-0.3, -0.25) is 19.8 Å². The number of fused-ring (bicyclic) bond motifs is 1. The monoisotopic (exact) mass is 428 g/mol. The van der Waals surface area contributed by atoms with Crippen molar-refractivity contribution in [2.75, 3.05) is 25.7 Å². The number of nitrogens with one attached hydrogen (secondary N) is 1. The lowest BCUT2D eigenvalue weighted by molar-refractivity contribution is -0.137. The predicted octanol–water partition coefficient (Wildman–Crippen LogP) is 3.48. The molecule has 0 unspecified atom stereocenters. The average Bonchev–Trinajstić information content (AvgIpc) is 3.06. The van der Waals surface area contributed by atoms with Crippen LogP contribution in [0.2, 0.25) is 0 Å². The van der Waals surface area contributed by atoms with E-state index in [2.05, 4.69) is 4.74 Å². The molecule has 1 aliphatic rings. The molecule has 2 aromatic rings. The average molecular weight is 429 g/mol. The molecule has 0 spiro atoms. The quantitative estimate of drug-likeness (QED) is 0.239. The Hall–Kier alpha value is -2.58. The number of hydrogen-bond acceptors (Lipinski definition) is 7. The summed E-state index contributed by atoms with van der Waals surface area (Å²) in [6.45, 7) is 0.361. The number of Topliss-reactive ketones (excluding diaryl/α,β-unsaturated/α-hetero) is 1. The van der Waals surface area contributed by atoms with Crippen LogP contribution in [0.4, 0.5) is 0 Å². The van der Waals surface area contributed by atoms with Gasteiger partial charge in [-0.25, -0.2) is 0 Å². The van der Waals surface area contributed by atoms with Gasteiger partial charge in [-0.05, 0) is 36.1 Å². The molecule has 150 valence electrons. The lowest BCUT2D eigenvalue weighted by atomic mass is 10.1. The van der Waals surface area contributed by atoms with E-state index in [1.165, 1.54) is 35.5 Å². The van der Waals surface area contributed by atoms with Crippen molar-refractivity contribution < 1.29 is 19.1 Å². The van der Waals surface area contributed by atoms with Crippen LogP contribution in [-0.4, -0.2) is 53.3 Å². The van der Waals surface area contributed by atoms with Crippen molar-refractivity contribution >= 4 is 46.2 Å². The van der Waals surface area contributed by atoms with E-state index >= 15 is 0 Å². The van der Waals surface area contributed by atoms with Crippen molar-refractivity contribution in [3.8, 4) is 0 Å². The van der Waals surface area contributed by atoms with Crippen LogP contribution in [0.25, 0.3) is 0 Å². The number of methoxy groups -OCH3 is 1. The fourth-order valence-electron chi connectivity index (χ4n) is 2.97. The van der Waals surface area contributed by atoms with Crippen LogP contribution in [0.15, 0.2) is 47.4 Å². The number of hydrogen-bond donors (Lipinski definition) is 1. The van der Waals surface area contributed by atoms with E-state index in [0.717, 1.165) is 16.0 Å². The number of amides is 1. The normalized spacial score (nSPS) is 12.6. The van der Waals surface area contributed by atoms with Gasteiger partial charge < -0.3 is 9.64 Å². The van der Waals surface area contributed by atoms with Gasteiger partial charge in [0.25, 0.3) is 5.91 Å². The van der Waals surface area contributed by atoms with Crippen LogP contribution in [0.5, 0.6) is 0 Å². The number of ether oxygens (including phenoxy) is 1. The number of esters is 1. The fourth-order valence-corrected chi connectivity index (χ4v) is 4.06. The second-order valence-electron chi connectivity index (χ2n) is 6.38. The summed E-state index contributed by atoms with van der Waals surface area (Å²) in [5.74, 6) is -0.410.